The summed E-state index contributed by atoms with van der Waals surface area (Å²) in [5.74, 6) is 0.675. The Hall–Kier alpha value is -2.05. The first-order valence-corrected chi connectivity index (χ1v) is 7.85. The number of urea groups is 1. The van der Waals surface area contributed by atoms with Crippen LogP contribution >= 0.6 is 11.3 Å². The number of rotatable bonds is 6. The number of aliphatic hydroxyl groups excluding tert-OH is 1. The number of benzene rings is 1. The normalized spacial score (nSPS) is 11.8. The number of carbonyl (C=O) groups is 1. The Labute approximate surface area is 133 Å². The van der Waals surface area contributed by atoms with Gasteiger partial charge in [0.15, 0.2) is 0 Å². The third kappa shape index (κ3) is 4.47. The summed E-state index contributed by atoms with van der Waals surface area (Å²) in [5, 5.41) is 17.5. The maximum atomic E-state index is 11.8. The molecule has 2 aromatic rings. The van der Waals surface area contributed by atoms with Crippen molar-refractivity contribution in [3.8, 4) is 5.75 Å². The Balaban J connectivity index is 1.79. The second kappa shape index (κ2) is 7.82. The van der Waals surface area contributed by atoms with Crippen LogP contribution in [-0.2, 0) is 6.54 Å². The second-order valence-corrected chi connectivity index (χ2v) is 5.88. The van der Waals surface area contributed by atoms with Gasteiger partial charge < -0.3 is 20.5 Å². The quantitative estimate of drug-likeness (QED) is 0.766. The molecule has 118 valence electrons. The summed E-state index contributed by atoms with van der Waals surface area (Å²) in [7, 11) is 1.57. The topological polar surface area (TPSA) is 70.6 Å². The number of methoxy groups -OCH3 is 1. The standard InChI is InChI=1S/C16H20N2O3S/c1-11-6-7-22-15(11)10-18-16(20)17-9-14(19)12-4-3-5-13(8-12)21-2/h3-8,14,19H,9-10H2,1-2H3,(H2,17,18,20). The summed E-state index contributed by atoms with van der Waals surface area (Å²) in [6.07, 6.45) is -0.774. The van der Waals surface area contributed by atoms with Crippen molar-refractivity contribution >= 4 is 17.4 Å². The van der Waals surface area contributed by atoms with Gasteiger partial charge in [0.05, 0.1) is 19.8 Å². The second-order valence-electron chi connectivity index (χ2n) is 4.88. The van der Waals surface area contributed by atoms with Crippen LogP contribution in [-0.4, -0.2) is 24.8 Å². The minimum Gasteiger partial charge on any atom is -0.497 e. The van der Waals surface area contributed by atoms with Crippen molar-refractivity contribution in [2.24, 2.45) is 0 Å². The summed E-state index contributed by atoms with van der Waals surface area (Å²) in [4.78, 5) is 12.9. The molecular weight excluding hydrogens is 300 g/mol. The molecule has 1 aromatic carbocycles. The van der Waals surface area contributed by atoms with Crippen molar-refractivity contribution < 1.29 is 14.6 Å². The van der Waals surface area contributed by atoms with Crippen LogP contribution in [0.1, 0.15) is 22.1 Å². The van der Waals surface area contributed by atoms with E-state index < -0.39 is 6.10 Å². The zero-order chi connectivity index (χ0) is 15.9. The fourth-order valence-electron chi connectivity index (χ4n) is 1.96. The molecule has 1 atom stereocenters. The van der Waals surface area contributed by atoms with Crippen molar-refractivity contribution in [2.75, 3.05) is 13.7 Å². The molecule has 0 saturated heterocycles. The molecule has 0 spiro atoms. The molecule has 2 amide bonds. The van der Waals surface area contributed by atoms with E-state index in [-0.39, 0.29) is 12.6 Å². The molecule has 0 radical (unpaired) electrons. The summed E-state index contributed by atoms with van der Waals surface area (Å²) in [6.45, 7) is 2.64. The molecule has 0 saturated carbocycles. The Kier molecular flexibility index (Phi) is 5.80. The van der Waals surface area contributed by atoms with Crippen LogP contribution in [0.3, 0.4) is 0 Å². The number of aryl methyl sites for hydroxylation is 1. The van der Waals surface area contributed by atoms with Crippen LogP contribution in [0.2, 0.25) is 0 Å². The van der Waals surface area contributed by atoms with Crippen LogP contribution in [0.4, 0.5) is 4.79 Å². The summed E-state index contributed by atoms with van der Waals surface area (Å²) < 4.78 is 5.11. The first-order chi connectivity index (χ1) is 10.6. The molecule has 3 N–H and O–H groups in total. The van der Waals surface area contributed by atoms with Gasteiger partial charge in [0.2, 0.25) is 0 Å². The Morgan fingerprint density at radius 3 is 2.86 bits per heavy atom. The highest BCUT2D eigenvalue weighted by atomic mass is 32.1. The molecule has 0 aliphatic heterocycles. The van der Waals surface area contributed by atoms with Gasteiger partial charge in [0.25, 0.3) is 0 Å². The van der Waals surface area contributed by atoms with Crippen LogP contribution in [0.5, 0.6) is 5.75 Å². The average Bonchev–Trinajstić information content (AvgIpc) is 2.95. The van der Waals surface area contributed by atoms with E-state index in [1.807, 2.05) is 18.4 Å². The predicted molar refractivity (Wildman–Crippen MR) is 87.2 cm³/mol. The predicted octanol–water partition coefficient (Wildman–Crippen LogP) is 2.60. The molecule has 2 rings (SSSR count). The number of hydrogen-bond acceptors (Lipinski definition) is 4. The van der Waals surface area contributed by atoms with E-state index >= 15 is 0 Å². The summed E-state index contributed by atoms with van der Waals surface area (Å²) in [5.41, 5.74) is 1.87. The molecule has 5 nitrogen and oxygen atoms in total. The molecule has 0 fully saturated rings. The zero-order valence-corrected chi connectivity index (χ0v) is 13.4. The Morgan fingerprint density at radius 1 is 1.36 bits per heavy atom. The summed E-state index contributed by atoms with van der Waals surface area (Å²) >= 11 is 1.61. The molecule has 0 aliphatic rings. The third-order valence-electron chi connectivity index (χ3n) is 3.31. The van der Waals surface area contributed by atoms with Crippen molar-refractivity contribution in [3.63, 3.8) is 0 Å². The molecule has 1 unspecified atom stereocenters. The van der Waals surface area contributed by atoms with E-state index in [9.17, 15) is 9.90 Å². The van der Waals surface area contributed by atoms with Gasteiger partial charge in [0, 0.05) is 11.4 Å². The molecule has 22 heavy (non-hydrogen) atoms. The number of ether oxygens (including phenoxy) is 1. The number of thiophene rings is 1. The third-order valence-corrected chi connectivity index (χ3v) is 4.34. The first kappa shape index (κ1) is 16.3. The van der Waals surface area contributed by atoms with Gasteiger partial charge in [-0.2, -0.15) is 0 Å². The van der Waals surface area contributed by atoms with Gasteiger partial charge >= 0.3 is 6.03 Å². The molecule has 6 heteroatoms. The average molecular weight is 320 g/mol. The van der Waals surface area contributed by atoms with Gasteiger partial charge in [-0.3, -0.25) is 0 Å². The lowest BCUT2D eigenvalue weighted by Crippen LogP contribution is -2.37. The van der Waals surface area contributed by atoms with Crippen LogP contribution in [0.15, 0.2) is 35.7 Å². The number of amides is 2. The molecule has 0 aliphatic carbocycles. The SMILES string of the molecule is COc1cccc(C(O)CNC(=O)NCc2sccc2C)c1. The molecule has 0 bridgehead atoms. The van der Waals surface area contributed by atoms with Crippen LogP contribution in [0, 0.1) is 6.92 Å². The van der Waals surface area contributed by atoms with Gasteiger partial charge in [-0.05, 0) is 41.6 Å². The van der Waals surface area contributed by atoms with E-state index in [1.54, 1.807) is 42.7 Å². The number of nitrogens with one attached hydrogen (secondary N) is 2. The van der Waals surface area contributed by atoms with E-state index in [0.717, 1.165) is 4.88 Å². The maximum absolute atomic E-state index is 11.8. The minimum atomic E-state index is -0.774. The Bertz CT molecular complexity index is 627. The number of carbonyl (C=O) groups excluding carboxylic acids is 1. The van der Waals surface area contributed by atoms with Crippen LogP contribution < -0.4 is 15.4 Å². The highest BCUT2D eigenvalue weighted by molar-refractivity contribution is 7.10. The molecule has 1 aromatic heterocycles. The monoisotopic (exact) mass is 320 g/mol. The first-order valence-electron chi connectivity index (χ1n) is 6.97. The lowest BCUT2D eigenvalue weighted by molar-refractivity contribution is 0.172. The zero-order valence-electron chi connectivity index (χ0n) is 12.6. The lowest BCUT2D eigenvalue weighted by Gasteiger charge is -2.13. The van der Waals surface area contributed by atoms with Crippen molar-refractivity contribution in [1.29, 1.82) is 0 Å². The summed E-state index contributed by atoms with van der Waals surface area (Å²) in [6, 6.07) is 8.87. The fourth-order valence-corrected chi connectivity index (χ4v) is 2.81. The van der Waals surface area contributed by atoms with Gasteiger partial charge in [0.1, 0.15) is 5.75 Å². The molecule has 1 heterocycles. The Morgan fingerprint density at radius 2 is 2.18 bits per heavy atom. The van der Waals surface area contributed by atoms with Gasteiger partial charge in [-0.25, -0.2) is 4.79 Å². The van der Waals surface area contributed by atoms with Crippen LogP contribution in [0.25, 0.3) is 0 Å². The minimum absolute atomic E-state index is 0.141. The van der Waals surface area contributed by atoms with Gasteiger partial charge in [-0.1, -0.05) is 12.1 Å². The van der Waals surface area contributed by atoms with E-state index in [4.69, 9.17) is 4.74 Å². The highest BCUT2D eigenvalue weighted by Crippen LogP contribution is 2.18. The number of aliphatic hydroxyl groups is 1. The lowest BCUT2D eigenvalue weighted by atomic mass is 10.1. The van der Waals surface area contributed by atoms with Gasteiger partial charge in [-0.15, -0.1) is 11.3 Å². The number of hydrogen-bond donors (Lipinski definition) is 3. The fraction of sp³-hybridized carbons (Fsp3) is 0.312. The highest BCUT2D eigenvalue weighted by Gasteiger charge is 2.10. The largest absolute Gasteiger partial charge is 0.497 e. The van der Waals surface area contributed by atoms with Crippen molar-refractivity contribution in [2.45, 2.75) is 19.6 Å². The van der Waals surface area contributed by atoms with Crippen molar-refractivity contribution in [1.82, 2.24) is 10.6 Å². The van der Waals surface area contributed by atoms with Crippen molar-refractivity contribution in [3.05, 3.63) is 51.7 Å². The van der Waals surface area contributed by atoms with E-state index in [2.05, 4.69) is 10.6 Å². The van der Waals surface area contributed by atoms with E-state index in [0.29, 0.717) is 17.9 Å². The smallest absolute Gasteiger partial charge is 0.315 e. The molecular formula is C16H20N2O3S. The van der Waals surface area contributed by atoms with E-state index in [1.165, 1.54) is 5.56 Å². The maximum Gasteiger partial charge on any atom is 0.315 e.